The Morgan fingerprint density at radius 2 is 1.65 bits per heavy atom. The summed E-state index contributed by atoms with van der Waals surface area (Å²) >= 11 is 1.92. The van der Waals surface area contributed by atoms with Gasteiger partial charge in [-0.2, -0.15) is 11.8 Å². The van der Waals surface area contributed by atoms with Crippen molar-refractivity contribution in [2.24, 2.45) is 0 Å². The quantitative estimate of drug-likeness (QED) is 0.829. The number of amides is 2. The number of carboxylic acid groups (broad SMARTS) is 1. The van der Waals surface area contributed by atoms with E-state index in [1.54, 1.807) is 0 Å². The van der Waals surface area contributed by atoms with Gasteiger partial charge in [0.15, 0.2) is 0 Å². The van der Waals surface area contributed by atoms with Crippen LogP contribution in [0.5, 0.6) is 0 Å². The van der Waals surface area contributed by atoms with Crippen LogP contribution < -0.4 is 0 Å². The first-order valence-electron chi connectivity index (χ1n) is 7.22. The van der Waals surface area contributed by atoms with E-state index in [1.807, 2.05) is 21.6 Å². The van der Waals surface area contributed by atoms with Gasteiger partial charge in [0.1, 0.15) is 0 Å². The van der Waals surface area contributed by atoms with Gasteiger partial charge < -0.3 is 14.9 Å². The van der Waals surface area contributed by atoms with Gasteiger partial charge in [-0.15, -0.1) is 0 Å². The Morgan fingerprint density at radius 3 is 2.35 bits per heavy atom. The van der Waals surface area contributed by atoms with Gasteiger partial charge in [-0.3, -0.25) is 9.69 Å². The molecule has 1 N–H and O–H groups in total. The number of hydrogen-bond acceptors (Lipinski definition) is 4. The Bertz CT molecular complexity index is 338. The molecule has 2 heterocycles. The minimum Gasteiger partial charge on any atom is -0.481 e. The number of carbonyl (C=O) groups excluding carboxylic acids is 1. The van der Waals surface area contributed by atoms with Crippen LogP contribution in [-0.2, 0) is 4.79 Å². The summed E-state index contributed by atoms with van der Waals surface area (Å²) in [5.41, 5.74) is 0. The highest BCUT2D eigenvalue weighted by atomic mass is 32.2. The van der Waals surface area contributed by atoms with Crippen LogP contribution in [0, 0.1) is 0 Å². The van der Waals surface area contributed by atoms with Crippen molar-refractivity contribution in [1.29, 1.82) is 0 Å². The molecule has 7 heteroatoms. The van der Waals surface area contributed by atoms with E-state index in [0.717, 1.165) is 44.1 Å². The van der Waals surface area contributed by atoms with E-state index in [9.17, 15) is 9.59 Å². The molecule has 20 heavy (non-hydrogen) atoms. The Balaban J connectivity index is 1.74. The molecule has 0 radical (unpaired) electrons. The lowest BCUT2D eigenvalue weighted by atomic mass is 10.3. The Labute approximate surface area is 124 Å². The zero-order chi connectivity index (χ0) is 14.4. The maximum absolute atomic E-state index is 12.4. The molecule has 2 amide bonds. The average Bonchev–Trinajstić information content (AvgIpc) is 2.74. The predicted octanol–water partition coefficient (Wildman–Crippen LogP) is 0.638. The van der Waals surface area contributed by atoms with Gasteiger partial charge >= 0.3 is 12.0 Å². The summed E-state index contributed by atoms with van der Waals surface area (Å²) < 4.78 is 0. The van der Waals surface area contributed by atoms with Gasteiger partial charge in [-0.05, 0) is 12.2 Å². The van der Waals surface area contributed by atoms with E-state index in [2.05, 4.69) is 4.90 Å². The topological polar surface area (TPSA) is 64.1 Å². The van der Waals surface area contributed by atoms with Crippen LogP contribution in [0.4, 0.5) is 4.79 Å². The number of urea groups is 1. The Kier molecular flexibility index (Phi) is 5.97. The van der Waals surface area contributed by atoms with Crippen LogP contribution in [0.3, 0.4) is 0 Å². The van der Waals surface area contributed by atoms with Crippen molar-refractivity contribution in [2.45, 2.75) is 12.8 Å². The maximum atomic E-state index is 12.4. The normalized spacial score (nSPS) is 21.6. The fourth-order valence-electron chi connectivity index (χ4n) is 2.55. The smallest absolute Gasteiger partial charge is 0.320 e. The van der Waals surface area contributed by atoms with E-state index in [1.165, 1.54) is 0 Å². The molecule has 0 bridgehead atoms. The molecular weight excluding hydrogens is 278 g/mol. The second-order valence-electron chi connectivity index (χ2n) is 5.21. The molecule has 0 saturated carbocycles. The van der Waals surface area contributed by atoms with Gasteiger partial charge in [-0.25, -0.2) is 4.79 Å². The van der Waals surface area contributed by atoms with Gasteiger partial charge in [0.25, 0.3) is 0 Å². The number of aliphatic carboxylic acids is 1. The fourth-order valence-corrected chi connectivity index (χ4v) is 3.44. The van der Waals surface area contributed by atoms with E-state index in [-0.39, 0.29) is 12.5 Å². The molecule has 2 saturated heterocycles. The first-order valence-corrected chi connectivity index (χ1v) is 8.38. The van der Waals surface area contributed by atoms with Crippen molar-refractivity contribution in [1.82, 2.24) is 14.7 Å². The van der Waals surface area contributed by atoms with Crippen molar-refractivity contribution in [2.75, 3.05) is 57.3 Å². The lowest BCUT2D eigenvalue weighted by molar-refractivity contribution is -0.137. The van der Waals surface area contributed by atoms with E-state index < -0.39 is 5.97 Å². The summed E-state index contributed by atoms with van der Waals surface area (Å²) in [7, 11) is 0. The van der Waals surface area contributed by atoms with E-state index in [0.29, 0.717) is 19.6 Å². The highest BCUT2D eigenvalue weighted by molar-refractivity contribution is 7.99. The first-order chi connectivity index (χ1) is 9.66. The molecule has 2 aliphatic rings. The molecule has 0 atom stereocenters. The Hall–Kier alpha value is -0.950. The molecular formula is C13H23N3O3S. The number of thioether (sulfide) groups is 1. The molecule has 0 unspecified atom stereocenters. The average molecular weight is 301 g/mol. The van der Waals surface area contributed by atoms with Crippen molar-refractivity contribution in [3.8, 4) is 0 Å². The van der Waals surface area contributed by atoms with Crippen molar-refractivity contribution < 1.29 is 14.7 Å². The second-order valence-corrected chi connectivity index (χ2v) is 6.43. The Morgan fingerprint density at radius 1 is 0.950 bits per heavy atom. The number of carbonyl (C=O) groups is 2. The highest BCUT2D eigenvalue weighted by Crippen LogP contribution is 2.13. The molecule has 0 aromatic rings. The van der Waals surface area contributed by atoms with Crippen LogP contribution in [0.15, 0.2) is 0 Å². The third kappa shape index (κ3) is 4.56. The molecule has 2 aliphatic heterocycles. The van der Waals surface area contributed by atoms with Crippen molar-refractivity contribution in [3.63, 3.8) is 0 Å². The zero-order valence-corrected chi connectivity index (χ0v) is 12.6. The third-order valence-corrected chi connectivity index (χ3v) is 4.83. The SMILES string of the molecule is O=C(O)CCN1CCN(C(=O)N2CCCSCC2)CC1. The monoisotopic (exact) mass is 301 g/mol. The summed E-state index contributed by atoms with van der Waals surface area (Å²) in [5.74, 6) is 1.42. The van der Waals surface area contributed by atoms with Crippen molar-refractivity contribution >= 4 is 23.8 Å². The summed E-state index contributed by atoms with van der Waals surface area (Å²) in [4.78, 5) is 29.0. The standard InChI is InChI=1S/C13H23N3O3S/c17-12(18)2-4-14-5-7-16(8-6-14)13(19)15-3-1-10-20-11-9-15/h1-11H2,(H,17,18). The van der Waals surface area contributed by atoms with Gasteiger partial charge in [0.2, 0.25) is 0 Å². The molecule has 0 aliphatic carbocycles. The van der Waals surface area contributed by atoms with Crippen LogP contribution >= 0.6 is 11.8 Å². The summed E-state index contributed by atoms with van der Waals surface area (Å²) in [6.07, 6.45) is 1.26. The highest BCUT2D eigenvalue weighted by Gasteiger charge is 2.25. The molecule has 114 valence electrons. The third-order valence-electron chi connectivity index (χ3n) is 3.78. The number of rotatable bonds is 3. The molecule has 0 aromatic carbocycles. The summed E-state index contributed by atoms with van der Waals surface area (Å²) in [6, 6.07) is 0.158. The number of carboxylic acids is 1. The van der Waals surface area contributed by atoms with Crippen LogP contribution in [0.2, 0.25) is 0 Å². The molecule has 6 nitrogen and oxygen atoms in total. The minimum atomic E-state index is -0.759. The van der Waals surface area contributed by atoms with Gasteiger partial charge in [-0.1, -0.05) is 0 Å². The predicted molar refractivity (Wildman–Crippen MR) is 79.2 cm³/mol. The summed E-state index contributed by atoms with van der Waals surface area (Å²) in [6.45, 7) is 5.28. The number of hydrogen-bond donors (Lipinski definition) is 1. The number of nitrogens with zero attached hydrogens (tertiary/aromatic N) is 3. The van der Waals surface area contributed by atoms with Crippen LogP contribution in [0.1, 0.15) is 12.8 Å². The molecule has 0 aromatic heterocycles. The summed E-state index contributed by atoms with van der Waals surface area (Å²) in [5, 5.41) is 8.68. The van der Waals surface area contributed by atoms with Crippen LogP contribution in [-0.4, -0.2) is 89.1 Å². The van der Waals surface area contributed by atoms with Gasteiger partial charge in [0, 0.05) is 51.6 Å². The van der Waals surface area contributed by atoms with E-state index >= 15 is 0 Å². The van der Waals surface area contributed by atoms with Crippen LogP contribution in [0.25, 0.3) is 0 Å². The molecule has 0 spiro atoms. The maximum Gasteiger partial charge on any atom is 0.320 e. The number of piperazine rings is 1. The minimum absolute atomic E-state index is 0.158. The lowest BCUT2D eigenvalue weighted by Crippen LogP contribution is -2.53. The zero-order valence-electron chi connectivity index (χ0n) is 11.8. The lowest BCUT2D eigenvalue weighted by Gasteiger charge is -2.37. The van der Waals surface area contributed by atoms with Gasteiger partial charge in [0.05, 0.1) is 6.42 Å². The molecule has 2 rings (SSSR count). The second kappa shape index (κ2) is 7.73. The fraction of sp³-hybridized carbons (Fsp3) is 0.846. The first kappa shape index (κ1) is 15.4. The molecule has 2 fully saturated rings. The van der Waals surface area contributed by atoms with E-state index in [4.69, 9.17) is 5.11 Å². The largest absolute Gasteiger partial charge is 0.481 e. The van der Waals surface area contributed by atoms with Crippen molar-refractivity contribution in [3.05, 3.63) is 0 Å².